The van der Waals surface area contributed by atoms with Gasteiger partial charge in [-0.2, -0.15) is 0 Å². The van der Waals surface area contributed by atoms with Crippen molar-refractivity contribution in [2.75, 3.05) is 0 Å². The number of rotatable bonds is 8. The first kappa shape index (κ1) is 20.2. The van der Waals surface area contributed by atoms with Crippen LogP contribution in [-0.2, 0) is 6.42 Å². The number of fused-ring (bicyclic) bond motifs is 1. The molecule has 0 aliphatic heterocycles. The molecule has 0 amide bonds. The summed E-state index contributed by atoms with van der Waals surface area (Å²) in [7, 11) is 0. The molecule has 2 aromatic heterocycles. The summed E-state index contributed by atoms with van der Waals surface area (Å²) in [5.74, 6) is 1.78. The Labute approximate surface area is 179 Å². The molecule has 0 spiro atoms. The summed E-state index contributed by atoms with van der Waals surface area (Å²) in [6.45, 7) is 4.61. The molecular formula is C26H34S2. The molecule has 3 aromatic rings. The maximum atomic E-state index is 2.44. The quantitative estimate of drug-likeness (QED) is 0.324. The van der Waals surface area contributed by atoms with Crippen molar-refractivity contribution < 1.29 is 0 Å². The standard InChI is InChI=1S/C26H34S2/c1-3-5-6-8-23-17-25-26(27-23)18-24(28-25)22-15-13-21(14-16-22)20-11-9-19(7-4-2)10-12-20/h13-20H,3-12H2,1-2H3. The van der Waals surface area contributed by atoms with Gasteiger partial charge in [-0.1, -0.05) is 63.8 Å². The van der Waals surface area contributed by atoms with Crippen molar-refractivity contribution in [3.8, 4) is 10.4 Å². The van der Waals surface area contributed by atoms with Crippen LogP contribution in [0, 0.1) is 5.92 Å². The van der Waals surface area contributed by atoms with Gasteiger partial charge in [0.15, 0.2) is 0 Å². The molecule has 0 atom stereocenters. The van der Waals surface area contributed by atoms with Gasteiger partial charge in [0.2, 0.25) is 0 Å². The molecule has 0 nitrogen and oxygen atoms in total. The first-order valence-corrected chi connectivity index (χ1v) is 13.0. The molecule has 1 aromatic carbocycles. The van der Waals surface area contributed by atoms with E-state index in [9.17, 15) is 0 Å². The van der Waals surface area contributed by atoms with Crippen molar-refractivity contribution >= 4 is 32.1 Å². The van der Waals surface area contributed by atoms with Gasteiger partial charge in [-0.15, -0.1) is 22.7 Å². The van der Waals surface area contributed by atoms with Crippen LogP contribution >= 0.6 is 22.7 Å². The lowest BCUT2D eigenvalue weighted by molar-refractivity contribution is 0.308. The number of hydrogen-bond donors (Lipinski definition) is 0. The minimum atomic E-state index is 0.791. The van der Waals surface area contributed by atoms with Gasteiger partial charge in [0.25, 0.3) is 0 Å². The lowest BCUT2D eigenvalue weighted by Crippen LogP contribution is -2.13. The van der Waals surface area contributed by atoms with Gasteiger partial charge in [-0.3, -0.25) is 0 Å². The second kappa shape index (κ2) is 9.59. The fourth-order valence-electron chi connectivity index (χ4n) is 4.81. The summed E-state index contributed by atoms with van der Waals surface area (Å²) < 4.78 is 2.95. The van der Waals surface area contributed by atoms with Gasteiger partial charge in [-0.25, -0.2) is 0 Å². The zero-order valence-corrected chi connectivity index (χ0v) is 19.1. The lowest BCUT2D eigenvalue weighted by atomic mass is 9.77. The van der Waals surface area contributed by atoms with E-state index in [0.717, 1.165) is 11.8 Å². The maximum Gasteiger partial charge on any atom is 0.0460 e. The highest BCUT2D eigenvalue weighted by atomic mass is 32.1. The molecule has 0 bridgehead atoms. The zero-order chi connectivity index (χ0) is 19.3. The van der Waals surface area contributed by atoms with Crippen LogP contribution in [0.2, 0.25) is 0 Å². The average molecular weight is 411 g/mol. The molecule has 1 saturated carbocycles. The molecule has 1 fully saturated rings. The third kappa shape index (κ3) is 4.71. The number of thiophene rings is 2. The summed E-state index contributed by atoms with van der Waals surface area (Å²) in [6, 6.07) is 14.4. The van der Waals surface area contributed by atoms with Crippen LogP contribution in [0.5, 0.6) is 0 Å². The molecule has 2 heteroatoms. The first-order valence-electron chi connectivity index (χ1n) is 11.4. The highest BCUT2D eigenvalue weighted by Gasteiger charge is 2.21. The number of aryl methyl sites for hydroxylation is 1. The number of benzene rings is 1. The van der Waals surface area contributed by atoms with Gasteiger partial charge < -0.3 is 0 Å². The van der Waals surface area contributed by atoms with E-state index < -0.39 is 0 Å². The predicted octanol–water partition coefficient (Wildman–Crippen LogP) is 9.44. The molecule has 0 N–H and O–H groups in total. The predicted molar refractivity (Wildman–Crippen MR) is 128 cm³/mol. The SMILES string of the molecule is CCCCCc1cc2sc(-c3ccc(C4CCC(CCC)CC4)cc3)cc2s1. The summed E-state index contributed by atoms with van der Waals surface area (Å²) in [6.07, 6.45) is 13.7. The smallest absolute Gasteiger partial charge is 0.0460 e. The van der Waals surface area contributed by atoms with E-state index in [2.05, 4.69) is 50.2 Å². The third-order valence-electron chi connectivity index (χ3n) is 6.50. The summed E-state index contributed by atoms with van der Waals surface area (Å²) in [5.41, 5.74) is 2.96. The Morgan fingerprint density at radius 2 is 1.57 bits per heavy atom. The normalized spacial score (nSPS) is 20.1. The Morgan fingerprint density at radius 1 is 0.821 bits per heavy atom. The Hall–Kier alpha value is -1.12. The topological polar surface area (TPSA) is 0 Å². The Balaban J connectivity index is 1.40. The van der Waals surface area contributed by atoms with Crippen LogP contribution in [0.4, 0.5) is 0 Å². The number of unbranched alkanes of at least 4 members (excludes halogenated alkanes) is 2. The van der Waals surface area contributed by atoms with E-state index in [4.69, 9.17) is 0 Å². The van der Waals surface area contributed by atoms with E-state index in [0.29, 0.717) is 0 Å². The summed E-state index contributed by atoms with van der Waals surface area (Å²) in [5, 5.41) is 0. The van der Waals surface area contributed by atoms with Gasteiger partial charge in [0.05, 0.1) is 0 Å². The minimum Gasteiger partial charge on any atom is -0.139 e. The van der Waals surface area contributed by atoms with Crippen LogP contribution in [0.25, 0.3) is 19.8 Å². The van der Waals surface area contributed by atoms with Crippen molar-refractivity contribution in [2.24, 2.45) is 5.92 Å². The van der Waals surface area contributed by atoms with Crippen LogP contribution in [0.15, 0.2) is 36.4 Å². The Morgan fingerprint density at radius 3 is 2.25 bits per heavy atom. The van der Waals surface area contributed by atoms with Crippen molar-refractivity contribution in [1.29, 1.82) is 0 Å². The van der Waals surface area contributed by atoms with E-state index in [1.165, 1.54) is 84.0 Å². The lowest BCUT2D eigenvalue weighted by Gasteiger charge is -2.28. The molecule has 0 saturated heterocycles. The van der Waals surface area contributed by atoms with E-state index >= 15 is 0 Å². The average Bonchev–Trinajstić information content (AvgIpc) is 3.28. The summed E-state index contributed by atoms with van der Waals surface area (Å²) >= 11 is 3.97. The molecule has 28 heavy (non-hydrogen) atoms. The van der Waals surface area contributed by atoms with Gasteiger partial charge in [0.1, 0.15) is 0 Å². The molecule has 1 aliphatic rings. The van der Waals surface area contributed by atoms with Crippen molar-refractivity contribution in [1.82, 2.24) is 0 Å². The number of hydrogen-bond acceptors (Lipinski definition) is 2. The van der Waals surface area contributed by atoms with E-state index in [1.54, 1.807) is 10.4 Å². The van der Waals surface area contributed by atoms with Gasteiger partial charge in [-0.05, 0) is 73.6 Å². The molecule has 4 rings (SSSR count). The van der Waals surface area contributed by atoms with Crippen LogP contribution in [0.3, 0.4) is 0 Å². The minimum absolute atomic E-state index is 0.791. The van der Waals surface area contributed by atoms with E-state index in [-0.39, 0.29) is 0 Å². The second-order valence-corrected chi connectivity index (χ2v) is 10.9. The van der Waals surface area contributed by atoms with Crippen LogP contribution in [0.1, 0.15) is 88.0 Å². The van der Waals surface area contributed by atoms with Crippen molar-refractivity contribution in [3.63, 3.8) is 0 Å². The first-order chi connectivity index (χ1) is 13.8. The maximum absolute atomic E-state index is 2.44. The molecule has 2 heterocycles. The van der Waals surface area contributed by atoms with Crippen molar-refractivity contribution in [2.45, 2.75) is 84.0 Å². The fraction of sp³-hybridized carbons (Fsp3) is 0.538. The van der Waals surface area contributed by atoms with Gasteiger partial charge in [0, 0.05) is 19.2 Å². The Kier molecular flexibility index (Phi) is 6.90. The van der Waals surface area contributed by atoms with E-state index in [1.807, 2.05) is 22.7 Å². The third-order valence-corrected chi connectivity index (χ3v) is 8.90. The largest absolute Gasteiger partial charge is 0.139 e. The zero-order valence-electron chi connectivity index (χ0n) is 17.5. The molecule has 0 unspecified atom stereocenters. The molecular weight excluding hydrogens is 376 g/mol. The second-order valence-electron chi connectivity index (χ2n) is 8.64. The van der Waals surface area contributed by atoms with Gasteiger partial charge >= 0.3 is 0 Å². The summed E-state index contributed by atoms with van der Waals surface area (Å²) in [4.78, 5) is 3.00. The highest BCUT2D eigenvalue weighted by molar-refractivity contribution is 7.29. The van der Waals surface area contributed by atoms with Crippen LogP contribution < -0.4 is 0 Å². The molecule has 1 aliphatic carbocycles. The monoisotopic (exact) mass is 410 g/mol. The highest BCUT2D eigenvalue weighted by Crippen LogP contribution is 2.41. The molecule has 0 radical (unpaired) electrons. The van der Waals surface area contributed by atoms with Crippen molar-refractivity contribution in [3.05, 3.63) is 46.8 Å². The Bertz CT molecular complexity index is 828. The fourth-order valence-corrected chi connectivity index (χ4v) is 7.28. The van der Waals surface area contributed by atoms with Crippen LogP contribution in [-0.4, -0.2) is 0 Å². The molecule has 150 valence electrons.